The van der Waals surface area contributed by atoms with E-state index in [9.17, 15) is 0 Å². The number of furan rings is 1. The van der Waals surface area contributed by atoms with Crippen LogP contribution in [0.25, 0.3) is 0 Å². The van der Waals surface area contributed by atoms with Gasteiger partial charge in [0.05, 0.1) is 28.7 Å². The van der Waals surface area contributed by atoms with E-state index < -0.39 is 0 Å². The van der Waals surface area contributed by atoms with Crippen molar-refractivity contribution in [2.75, 3.05) is 0 Å². The van der Waals surface area contributed by atoms with Crippen LogP contribution >= 0.6 is 15.9 Å². The molecule has 0 fully saturated rings. The van der Waals surface area contributed by atoms with Crippen molar-refractivity contribution in [3.05, 3.63) is 40.0 Å². The first kappa shape index (κ1) is 11.4. The molecule has 3 N–H and O–H groups in total. The molecule has 0 amide bonds. The van der Waals surface area contributed by atoms with Crippen LogP contribution in [0.5, 0.6) is 0 Å². The molecule has 6 heteroatoms. The van der Waals surface area contributed by atoms with Crippen molar-refractivity contribution in [1.82, 2.24) is 15.2 Å². The van der Waals surface area contributed by atoms with Gasteiger partial charge in [0.15, 0.2) is 0 Å². The first-order chi connectivity index (χ1) is 7.63. The number of hydrazine groups is 1. The Hall–Kier alpha value is -1.11. The molecule has 0 bridgehead atoms. The molecule has 2 aromatic heterocycles. The standard InChI is InChI=1S/C10H13BrN4O/c1-6-3-7(5-16-6)9(14-12)10-8(11)4-13-15(10)2/h3-5,9,14H,12H2,1-2H3. The fourth-order valence-corrected chi connectivity index (χ4v) is 2.27. The Kier molecular flexibility index (Phi) is 3.13. The Bertz CT molecular complexity index is 471. The Labute approximate surface area is 102 Å². The van der Waals surface area contributed by atoms with Crippen LogP contribution in [0, 0.1) is 6.92 Å². The van der Waals surface area contributed by atoms with Gasteiger partial charge in [-0.2, -0.15) is 5.10 Å². The van der Waals surface area contributed by atoms with E-state index in [-0.39, 0.29) is 6.04 Å². The topological polar surface area (TPSA) is 69.0 Å². The molecule has 0 radical (unpaired) electrons. The molecule has 0 aliphatic carbocycles. The predicted molar refractivity (Wildman–Crippen MR) is 63.5 cm³/mol. The van der Waals surface area contributed by atoms with Gasteiger partial charge in [-0.15, -0.1) is 0 Å². The van der Waals surface area contributed by atoms with Crippen LogP contribution in [0.3, 0.4) is 0 Å². The van der Waals surface area contributed by atoms with Gasteiger partial charge in [0.2, 0.25) is 0 Å². The first-order valence-electron chi connectivity index (χ1n) is 4.82. The molecule has 1 atom stereocenters. The quantitative estimate of drug-likeness (QED) is 0.664. The molecule has 2 aromatic rings. The number of halogens is 1. The highest BCUT2D eigenvalue weighted by molar-refractivity contribution is 9.10. The molecule has 0 spiro atoms. The number of hydrogen-bond donors (Lipinski definition) is 2. The lowest BCUT2D eigenvalue weighted by Crippen LogP contribution is -2.30. The van der Waals surface area contributed by atoms with E-state index in [2.05, 4.69) is 26.5 Å². The summed E-state index contributed by atoms with van der Waals surface area (Å²) in [6.45, 7) is 1.90. The van der Waals surface area contributed by atoms with Crippen molar-refractivity contribution in [1.29, 1.82) is 0 Å². The highest BCUT2D eigenvalue weighted by Crippen LogP contribution is 2.28. The van der Waals surface area contributed by atoms with Gasteiger partial charge in [-0.3, -0.25) is 10.5 Å². The van der Waals surface area contributed by atoms with Gasteiger partial charge in [-0.05, 0) is 28.9 Å². The second-order valence-corrected chi connectivity index (χ2v) is 4.45. The van der Waals surface area contributed by atoms with E-state index in [1.54, 1.807) is 17.1 Å². The molecule has 16 heavy (non-hydrogen) atoms. The molecular formula is C10H13BrN4O. The van der Waals surface area contributed by atoms with Crippen LogP contribution in [-0.4, -0.2) is 9.78 Å². The van der Waals surface area contributed by atoms with Gasteiger partial charge < -0.3 is 4.42 Å². The summed E-state index contributed by atoms with van der Waals surface area (Å²) in [5.74, 6) is 6.44. The third-order valence-corrected chi connectivity index (χ3v) is 3.07. The fourth-order valence-electron chi connectivity index (χ4n) is 1.69. The minimum atomic E-state index is -0.140. The van der Waals surface area contributed by atoms with Crippen molar-refractivity contribution in [2.45, 2.75) is 13.0 Å². The van der Waals surface area contributed by atoms with Crippen LogP contribution in [-0.2, 0) is 7.05 Å². The number of nitrogens with two attached hydrogens (primary N) is 1. The van der Waals surface area contributed by atoms with Crippen molar-refractivity contribution in [2.24, 2.45) is 12.9 Å². The maximum atomic E-state index is 5.59. The summed E-state index contributed by atoms with van der Waals surface area (Å²) in [7, 11) is 1.87. The predicted octanol–water partition coefficient (Wildman–Crippen LogP) is 1.64. The van der Waals surface area contributed by atoms with E-state index in [1.165, 1.54) is 0 Å². The lowest BCUT2D eigenvalue weighted by molar-refractivity contribution is 0.520. The van der Waals surface area contributed by atoms with Gasteiger partial charge in [0, 0.05) is 12.6 Å². The Morgan fingerprint density at radius 3 is 2.81 bits per heavy atom. The van der Waals surface area contributed by atoms with Gasteiger partial charge in [0.25, 0.3) is 0 Å². The van der Waals surface area contributed by atoms with Gasteiger partial charge >= 0.3 is 0 Å². The first-order valence-corrected chi connectivity index (χ1v) is 5.61. The molecule has 0 aromatic carbocycles. The SMILES string of the molecule is Cc1cc(C(NN)c2c(Br)cnn2C)co1. The summed E-state index contributed by atoms with van der Waals surface area (Å²) in [5.41, 5.74) is 4.70. The third kappa shape index (κ3) is 1.91. The van der Waals surface area contributed by atoms with E-state index in [1.807, 2.05) is 20.0 Å². The smallest absolute Gasteiger partial charge is 0.101 e. The minimum Gasteiger partial charge on any atom is -0.469 e. The van der Waals surface area contributed by atoms with Gasteiger partial charge in [-0.25, -0.2) is 5.43 Å². The van der Waals surface area contributed by atoms with E-state index in [4.69, 9.17) is 10.3 Å². The van der Waals surface area contributed by atoms with E-state index in [0.29, 0.717) is 0 Å². The lowest BCUT2D eigenvalue weighted by atomic mass is 10.1. The largest absolute Gasteiger partial charge is 0.469 e. The van der Waals surface area contributed by atoms with Crippen LogP contribution in [0.2, 0.25) is 0 Å². The second-order valence-electron chi connectivity index (χ2n) is 3.59. The molecule has 0 saturated carbocycles. The molecular weight excluding hydrogens is 272 g/mol. The van der Waals surface area contributed by atoms with Gasteiger partial charge in [0.1, 0.15) is 5.76 Å². The summed E-state index contributed by atoms with van der Waals surface area (Å²) >= 11 is 3.45. The highest BCUT2D eigenvalue weighted by atomic mass is 79.9. The summed E-state index contributed by atoms with van der Waals surface area (Å²) in [6.07, 6.45) is 3.44. The summed E-state index contributed by atoms with van der Waals surface area (Å²) in [6, 6.07) is 1.81. The molecule has 2 rings (SSSR count). The Balaban J connectivity index is 2.44. The number of aromatic nitrogens is 2. The highest BCUT2D eigenvalue weighted by Gasteiger charge is 2.20. The zero-order chi connectivity index (χ0) is 11.7. The molecule has 2 heterocycles. The van der Waals surface area contributed by atoms with Crippen LogP contribution in [0.15, 0.2) is 27.4 Å². The second kappa shape index (κ2) is 4.40. The average molecular weight is 285 g/mol. The minimum absolute atomic E-state index is 0.140. The Morgan fingerprint density at radius 2 is 2.38 bits per heavy atom. The average Bonchev–Trinajstić information content (AvgIpc) is 2.80. The maximum absolute atomic E-state index is 5.59. The van der Waals surface area contributed by atoms with Crippen molar-refractivity contribution in [3.8, 4) is 0 Å². The normalized spacial score (nSPS) is 13.0. The van der Waals surface area contributed by atoms with E-state index >= 15 is 0 Å². The summed E-state index contributed by atoms with van der Waals surface area (Å²) in [4.78, 5) is 0. The van der Waals surface area contributed by atoms with Crippen molar-refractivity contribution in [3.63, 3.8) is 0 Å². The molecule has 0 aliphatic rings. The number of rotatable bonds is 3. The Morgan fingerprint density at radius 1 is 1.62 bits per heavy atom. The molecule has 0 aliphatic heterocycles. The summed E-state index contributed by atoms with van der Waals surface area (Å²) in [5, 5.41) is 4.16. The lowest BCUT2D eigenvalue weighted by Gasteiger charge is -2.15. The van der Waals surface area contributed by atoms with Crippen LogP contribution in [0.4, 0.5) is 0 Å². The monoisotopic (exact) mass is 284 g/mol. The van der Waals surface area contributed by atoms with Gasteiger partial charge in [-0.1, -0.05) is 0 Å². The van der Waals surface area contributed by atoms with E-state index in [0.717, 1.165) is 21.5 Å². The summed E-state index contributed by atoms with van der Waals surface area (Å²) < 4.78 is 7.97. The number of nitrogens with one attached hydrogen (secondary N) is 1. The molecule has 1 unspecified atom stereocenters. The zero-order valence-electron chi connectivity index (χ0n) is 9.07. The van der Waals surface area contributed by atoms with Crippen LogP contribution < -0.4 is 11.3 Å². The van der Waals surface area contributed by atoms with Crippen LogP contribution in [0.1, 0.15) is 23.1 Å². The molecule has 0 saturated heterocycles. The third-order valence-electron chi connectivity index (χ3n) is 2.46. The number of aryl methyl sites for hydroxylation is 2. The number of hydrogen-bond acceptors (Lipinski definition) is 4. The fraction of sp³-hybridized carbons (Fsp3) is 0.300. The van der Waals surface area contributed by atoms with Crippen molar-refractivity contribution < 1.29 is 4.42 Å². The molecule has 86 valence electrons. The maximum Gasteiger partial charge on any atom is 0.101 e. The number of nitrogens with zero attached hydrogens (tertiary/aromatic N) is 2. The van der Waals surface area contributed by atoms with Crippen molar-refractivity contribution >= 4 is 15.9 Å². The zero-order valence-corrected chi connectivity index (χ0v) is 10.7. The molecule has 5 nitrogen and oxygen atoms in total.